The van der Waals surface area contributed by atoms with Gasteiger partial charge in [-0.3, -0.25) is 0 Å². The summed E-state index contributed by atoms with van der Waals surface area (Å²) >= 11 is 0. The summed E-state index contributed by atoms with van der Waals surface area (Å²) in [5, 5.41) is 14.0. The van der Waals surface area contributed by atoms with E-state index < -0.39 is 19.1 Å². The molecule has 7 heteroatoms. The number of aliphatic hydroxyl groups excluding tert-OH is 1. The SMILES string of the molecule is CNc1nc(C(C)C)nc(NCC(F)(F)CO)c1C. The lowest BCUT2D eigenvalue weighted by Gasteiger charge is -2.18. The van der Waals surface area contributed by atoms with Gasteiger partial charge in [0.15, 0.2) is 0 Å². The summed E-state index contributed by atoms with van der Waals surface area (Å²) in [6.45, 7) is 3.74. The second kappa shape index (κ2) is 6.10. The molecule has 0 saturated heterocycles. The maximum atomic E-state index is 13.0. The molecule has 108 valence electrons. The highest BCUT2D eigenvalue weighted by Crippen LogP contribution is 2.23. The lowest BCUT2D eigenvalue weighted by atomic mass is 10.2. The molecule has 1 aromatic heterocycles. The number of aliphatic hydroxyl groups is 1. The van der Waals surface area contributed by atoms with E-state index in [-0.39, 0.29) is 5.92 Å². The van der Waals surface area contributed by atoms with Crippen molar-refractivity contribution in [2.45, 2.75) is 32.6 Å². The van der Waals surface area contributed by atoms with E-state index in [1.165, 1.54) is 0 Å². The monoisotopic (exact) mass is 274 g/mol. The molecule has 0 aliphatic rings. The van der Waals surface area contributed by atoms with Crippen LogP contribution in [-0.4, -0.2) is 41.2 Å². The Bertz CT molecular complexity index is 438. The van der Waals surface area contributed by atoms with Gasteiger partial charge in [-0.2, -0.15) is 0 Å². The summed E-state index contributed by atoms with van der Waals surface area (Å²) in [5.74, 6) is -1.55. The second-order valence-corrected chi connectivity index (χ2v) is 4.68. The predicted octanol–water partition coefficient (Wildman–Crippen LogP) is 1.99. The number of hydrogen-bond donors (Lipinski definition) is 3. The third-order valence-electron chi connectivity index (χ3n) is 2.66. The van der Waals surface area contributed by atoms with Crippen LogP contribution < -0.4 is 10.6 Å². The molecule has 1 aromatic rings. The minimum Gasteiger partial charge on any atom is -0.390 e. The summed E-state index contributed by atoms with van der Waals surface area (Å²) < 4.78 is 26.1. The van der Waals surface area contributed by atoms with Crippen LogP contribution in [0.5, 0.6) is 0 Å². The molecule has 0 spiro atoms. The molecule has 0 bridgehead atoms. The molecule has 0 saturated carbocycles. The molecular formula is C12H20F2N4O. The zero-order valence-electron chi connectivity index (χ0n) is 11.6. The summed E-state index contributed by atoms with van der Waals surface area (Å²) in [7, 11) is 1.71. The number of hydrogen-bond acceptors (Lipinski definition) is 5. The molecule has 5 nitrogen and oxygen atoms in total. The molecule has 0 amide bonds. The van der Waals surface area contributed by atoms with Gasteiger partial charge in [-0.25, -0.2) is 18.7 Å². The Hall–Kier alpha value is -1.50. The highest BCUT2D eigenvalue weighted by Gasteiger charge is 2.28. The Morgan fingerprint density at radius 1 is 1.26 bits per heavy atom. The van der Waals surface area contributed by atoms with Crippen LogP contribution in [0.25, 0.3) is 0 Å². The molecule has 3 N–H and O–H groups in total. The minimum absolute atomic E-state index is 0.0894. The molecule has 19 heavy (non-hydrogen) atoms. The van der Waals surface area contributed by atoms with Crippen molar-refractivity contribution in [3.05, 3.63) is 11.4 Å². The Balaban J connectivity index is 3.02. The van der Waals surface area contributed by atoms with Crippen LogP contribution in [0.15, 0.2) is 0 Å². The standard InChI is InChI=1S/C12H20F2N4O/c1-7(2)9-17-10(15-4)8(3)11(18-9)16-5-12(13,14)6-19/h7,19H,5-6H2,1-4H3,(H2,15,16,17,18). The number of halogens is 2. The number of alkyl halides is 2. The van der Waals surface area contributed by atoms with Crippen LogP contribution >= 0.6 is 0 Å². The molecule has 0 aliphatic heterocycles. The average molecular weight is 274 g/mol. The molecule has 0 aliphatic carbocycles. The van der Waals surface area contributed by atoms with Crippen molar-refractivity contribution in [2.75, 3.05) is 30.8 Å². The number of rotatable bonds is 6. The van der Waals surface area contributed by atoms with Crippen molar-refractivity contribution in [1.29, 1.82) is 0 Å². The first kappa shape index (κ1) is 15.6. The van der Waals surface area contributed by atoms with E-state index in [1.54, 1.807) is 14.0 Å². The van der Waals surface area contributed by atoms with Gasteiger partial charge in [0.25, 0.3) is 5.92 Å². The van der Waals surface area contributed by atoms with E-state index in [1.807, 2.05) is 13.8 Å². The first-order valence-electron chi connectivity index (χ1n) is 6.09. The Morgan fingerprint density at radius 2 is 1.84 bits per heavy atom. The fourth-order valence-corrected chi connectivity index (χ4v) is 1.48. The predicted molar refractivity (Wildman–Crippen MR) is 70.9 cm³/mol. The van der Waals surface area contributed by atoms with Gasteiger partial charge < -0.3 is 15.7 Å². The third kappa shape index (κ3) is 3.99. The van der Waals surface area contributed by atoms with E-state index >= 15 is 0 Å². The van der Waals surface area contributed by atoms with Gasteiger partial charge in [-0.05, 0) is 6.92 Å². The summed E-state index contributed by atoms with van der Waals surface area (Å²) in [6.07, 6.45) is 0. The molecule has 1 rings (SSSR count). The van der Waals surface area contributed by atoms with Gasteiger partial charge in [0.05, 0.1) is 6.54 Å². The van der Waals surface area contributed by atoms with Crippen molar-refractivity contribution >= 4 is 11.6 Å². The van der Waals surface area contributed by atoms with Gasteiger partial charge >= 0.3 is 0 Å². The highest BCUT2D eigenvalue weighted by molar-refractivity contribution is 5.57. The maximum Gasteiger partial charge on any atom is 0.287 e. The van der Waals surface area contributed by atoms with Crippen molar-refractivity contribution < 1.29 is 13.9 Å². The zero-order chi connectivity index (χ0) is 14.6. The van der Waals surface area contributed by atoms with Crippen molar-refractivity contribution in [3.63, 3.8) is 0 Å². The van der Waals surface area contributed by atoms with Gasteiger partial charge in [0.2, 0.25) is 0 Å². The Morgan fingerprint density at radius 3 is 2.32 bits per heavy atom. The van der Waals surface area contributed by atoms with Crippen LogP contribution in [0.1, 0.15) is 31.2 Å². The van der Waals surface area contributed by atoms with Crippen molar-refractivity contribution in [1.82, 2.24) is 9.97 Å². The maximum absolute atomic E-state index is 13.0. The van der Waals surface area contributed by atoms with Crippen LogP contribution in [0.2, 0.25) is 0 Å². The van der Waals surface area contributed by atoms with Crippen molar-refractivity contribution in [2.24, 2.45) is 0 Å². The number of aromatic nitrogens is 2. The summed E-state index contributed by atoms with van der Waals surface area (Å²) in [6, 6.07) is 0. The molecule has 0 atom stereocenters. The van der Waals surface area contributed by atoms with E-state index in [2.05, 4.69) is 20.6 Å². The molecule has 0 radical (unpaired) electrons. The topological polar surface area (TPSA) is 70.1 Å². The smallest absolute Gasteiger partial charge is 0.287 e. The molecule has 1 heterocycles. The molecule has 0 unspecified atom stereocenters. The normalized spacial score (nSPS) is 11.8. The average Bonchev–Trinajstić information content (AvgIpc) is 2.37. The Kier molecular flexibility index (Phi) is 4.99. The van der Waals surface area contributed by atoms with E-state index in [0.29, 0.717) is 23.0 Å². The molecule has 0 aromatic carbocycles. The first-order valence-corrected chi connectivity index (χ1v) is 6.09. The van der Waals surface area contributed by atoms with Gasteiger partial charge in [-0.1, -0.05) is 13.8 Å². The van der Waals surface area contributed by atoms with E-state index in [0.717, 1.165) is 0 Å². The van der Waals surface area contributed by atoms with Gasteiger partial charge in [0.1, 0.15) is 24.1 Å². The van der Waals surface area contributed by atoms with Crippen LogP contribution in [0.4, 0.5) is 20.4 Å². The fraction of sp³-hybridized carbons (Fsp3) is 0.667. The number of nitrogens with zero attached hydrogens (tertiary/aromatic N) is 2. The van der Waals surface area contributed by atoms with Crippen LogP contribution in [-0.2, 0) is 0 Å². The van der Waals surface area contributed by atoms with E-state index in [4.69, 9.17) is 5.11 Å². The Labute approximate surface area is 111 Å². The number of anilines is 2. The number of nitrogens with one attached hydrogen (secondary N) is 2. The van der Waals surface area contributed by atoms with Gasteiger partial charge in [-0.15, -0.1) is 0 Å². The lowest BCUT2D eigenvalue weighted by molar-refractivity contribution is -0.0373. The fourth-order valence-electron chi connectivity index (χ4n) is 1.48. The first-order chi connectivity index (χ1) is 8.80. The van der Waals surface area contributed by atoms with Crippen molar-refractivity contribution in [3.8, 4) is 0 Å². The largest absolute Gasteiger partial charge is 0.390 e. The lowest BCUT2D eigenvalue weighted by Crippen LogP contribution is -2.31. The highest BCUT2D eigenvalue weighted by atomic mass is 19.3. The minimum atomic E-state index is -3.17. The quantitative estimate of drug-likeness (QED) is 0.740. The van der Waals surface area contributed by atoms with E-state index in [9.17, 15) is 8.78 Å². The van der Waals surface area contributed by atoms with Gasteiger partial charge in [0, 0.05) is 18.5 Å². The third-order valence-corrected chi connectivity index (χ3v) is 2.66. The van der Waals surface area contributed by atoms with Crippen LogP contribution in [0.3, 0.4) is 0 Å². The zero-order valence-corrected chi connectivity index (χ0v) is 11.6. The summed E-state index contributed by atoms with van der Waals surface area (Å²) in [4.78, 5) is 8.56. The second-order valence-electron chi connectivity index (χ2n) is 4.68. The summed E-state index contributed by atoms with van der Waals surface area (Å²) in [5.41, 5.74) is 0.667. The van der Waals surface area contributed by atoms with Crippen LogP contribution in [0, 0.1) is 6.92 Å². The molecular weight excluding hydrogens is 254 g/mol. The molecule has 0 fully saturated rings.